The molecule has 1 aromatic heterocycles. The zero-order valence-corrected chi connectivity index (χ0v) is 16.0. The number of fused-ring (bicyclic) bond motifs is 1. The van der Waals surface area contributed by atoms with E-state index in [1.54, 1.807) is 18.3 Å². The minimum absolute atomic E-state index is 0.0435. The molecule has 0 bridgehead atoms. The number of aromatic nitrogens is 1. The van der Waals surface area contributed by atoms with E-state index in [1.165, 1.54) is 11.1 Å². The Hall–Kier alpha value is -2.44. The number of carbonyl (C=O) groups is 1. The summed E-state index contributed by atoms with van der Waals surface area (Å²) in [5, 5.41) is 9.29. The van der Waals surface area contributed by atoms with Crippen molar-refractivity contribution in [1.82, 2.24) is 20.5 Å². The first-order valence-electron chi connectivity index (χ1n) is 9.68. The number of hydrogen-bond donors (Lipinski definition) is 3. The van der Waals surface area contributed by atoms with E-state index >= 15 is 0 Å². The fourth-order valence-corrected chi connectivity index (χ4v) is 3.34. The molecule has 0 radical (unpaired) electrons. The van der Waals surface area contributed by atoms with Gasteiger partial charge in [0.2, 0.25) is 0 Å². The van der Waals surface area contributed by atoms with Crippen molar-refractivity contribution in [2.75, 3.05) is 45.1 Å². The van der Waals surface area contributed by atoms with Gasteiger partial charge in [0.1, 0.15) is 5.82 Å². The summed E-state index contributed by atoms with van der Waals surface area (Å²) in [6, 6.07) is 12.2. The van der Waals surface area contributed by atoms with Gasteiger partial charge in [-0.05, 0) is 43.1 Å². The molecule has 0 saturated carbocycles. The Morgan fingerprint density at radius 3 is 2.85 bits per heavy atom. The van der Waals surface area contributed by atoms with Crippen molar-refractivity contribution >= 4 is 11.7 Å². The van der Waals surface area contributed by atoms with Crippen LogP contribution in [0.3, 0.4) is 0 Å². The maximum absolute atomic E-state index is 12.3. The third kappa shape index (κ3) is 5.77. The van der Waals surface area contributed by atoms with Crippen molar-refractivity contribution in [3.63, 3.8) is 0 Å². The maximum atomic E-state index is 12.3. The Morgan fingerprint density at radius 2 is 2.00 bits per heavy atom. The predicted octanol–water partition coefficient (Wildman–Crippen LogP) is 1.89. The minimum Gasteiger partial charge on any atom is -0.369 e. The molecule has 1 amide bonds. The summed E-state index contributed by atoms with van der Waals surface area (Å²) in [4.78, 5) is 19.1. The molecule has 3 rings (SSSR count). The average Bonchev–Trinajstić information content (AvgIpc) is 2.71. The van der Waals surface area contributed by atoms with E-state index in [-0.39, 0.29) is 5.91 Å². The highest BCUT2D eigenvalue weighted by Crippen LogP contribution is 2.18. The number of benzene rings is 1. The van der Waals surface area contributed by atoms with Crippen LogP contribution >= 0.6 is 0 Å². The lowest BCUT2D eigenvalue weighted by Crippen LogP contribution is -2.33. The first-order chi connectivity index (χ1) is 13.3. The van der Waals surface area contributed by atoms with Gasteiger partial charge in [-0.1, -0.05) is 24.3 Å². The van der Waals surface area contributed by atoms with Crippen LogP contribution in [0.4, 0.5) is 5.82 Å². The molecule has 6 heteroatoms. The summed E-state index contributed by atoms with van der Waals surface area (Å²) < 4.78 is 0. The van der Waals surface area contributed by atoms with Crippen molar-refractivity contribution in [2.24, 2.45) is 0 Å². The van der Waals surface area contributed by atoms with Gasteiger partial charge in [0.25, 0.3) is 5.91 Å². The lowest BCUT2D eigenvalue weighted by Gasteiger charge is -2.28. The van der Waals surface area contributed by atoms with Gasteiger partial charge in [0.05, 0.1) is 0 Å². The van der Waals surface area contributed by atoms with Gasteiger partial charge < -0.3 is 16.0 Å². The van der Waals surface area contributed by atoms with E-state index in [0.29, 0.717) is 12.1 Å². The normalized spacial score (nSPS) is 13.8. The van der Waals surface area contributed by atoms with Gasteiger partial charge in [-0.25, -0.2) is 4.98 Å². The van der Waals surface area contributed by atoms with E-state index in [0.717, 1.165) is 51.4 Å². The second-order valence-electron chi connectivity index (χ2n) is 6.86. The minimum atomic E-state index is -0.0435. The summed E-state index contributed by atoms with van der Waals surface area (Å²) in [6.45, 7) is 5.41. The van der Waals surface area contributed by atoms with Crippen molar-refractivity contribution in [1.29, 1.82) is 0 Å². The monoisotopic (exact) mass is 367 g/mol. The van der Waals surface area contributed by atoms with E-state index in [9.17, 15) is 4.79 Å². The number of likely N-dealkylation sites (N-methyl/N-ethyl adjacent to an activating group) is 1. The number of nitrogens with zero attached hydrogens (tertiary/aromatic N) is 2. The van der Waals surface area contributed by atoms with Gasteiger partial charge in [-0.15, -0.1) is 0 Å². The largest absolute Gasteiger partial charge is 0.369 e. The quantitative estimate of drug-likeness (QED) is 0.591. The van der Waals surface area contributed by atoms with Crippen LogP contribution in [0.2, 0.25) is 0 Å². The fourth-order valence-electron chi connectivity index (χ4n) is 3.34. The van der Waals surface area contributed by atoms with Crippen molar-refractivity contribution < 1.29 is 4.79 Å². The second-order valence-corrected chi connectivity index (χ2v) is 6.86. The highest BCUT2D eigenvalue weighted by Gasteiger charge is 2.15. The van der Waals surface area contributed by atoms with Crippen molar-refractivity contribution in [3.8, 4) is 0 Å². The fraction of sp³-hybridized carbons (Fsp3) is 0.429. The van der Waals surface area contributed by atoms with Crippen LogP contribution < -0.4 is 16.0 Å². The molecule has 0 atom stereocenters. The Bertz CT molecular complexity index is 749. The third-order valence-electron chi connectivity index (χ3n) is 4.85. The third-order valence-corrected chi connectivity index (χ3v) is 4.85. The molecular formula is C21H29N5O. The zero-order chi connectivity index (χ0) is 18.9. The molecule has 0 fully saturated rings. The Kier molecular flexibility index (Phi) is 7.19. The molecule has 27 heavy (non-hydrogen) atoms. The highest BCUT2D eigenvalue weighted by molar-refractivity contribution is 5.94. The van der Waals surface area contributed by atoms with E-state index in [1.807, 2.05) is 7.05 Å². The average molecular weight is 367 g/mol. The van der Waals surface area contributed by atoms with Crippen LogP contribution in [0.1, 0.15) is 27.9 Å². The topological polar surface area (TPSA) is 69.3 Å². The number of pyridine rings is 1. The van der Waals surface area contributed by atoms with Crippen LogP contribution in [0, 0.1) is 0 Å². The van der Waals surface area contributed by atoms with Crippen LogP contribution in [-0.4, -0.2) is 55.6 Å². The maximum Gasteiger partial charge on any atom is 0.251 e. The van der Waals surface area contributed by atoms with Gasteiger partial charge in [-0.2, -0.15) is 0 Å². The molecule has 0 aliphatic carbocycles. The van der Waals surface area contributed by atoms with Crippen LogP contribution in [-0.2, 0) is 13.0 Å². The molecule has 1 aromatic carbocycles. The van der Waals surface area contributed by atoms with Crippen LogP contribution in [0.5, 0.6) is 0 Å². The van der Waals surface area contributed by atoms with Gasteiger partial charge >= 0.3 is 0 Å². The van der Waals surface area contributed by atoms with E-state index in [2.05, 4.69) is 50.1 Å². The van der Waals surface area contributed by atoms with E-state index < -0.39 is 0 Å². The van der Waals surface area contributed by atoms with Gasteiger partial charge in [0, 0.05) is 51.0 Å². The molecule has 1 aliphatic heterocycles. The molecule has 2 aromatic rings. The van der Waals surface area contributed by atoms with Crippen molar-refractivity contribution in [3.05, 3.63) is 59.3 Å². The first-order valence-corrected chi connectivity index (χ1v) is 9.68. The number of amides is 1. The molecule has 6 nitrogen and oxygen atoms in total. The number of hydrogen-bond acceptors (Lipinski definition) is 5. The molecular weight excluding hydrogens is 338 g/mol. The predicted molar refractivity (Wildman–Crippen MR) is 109 cm³/mol. The molecule has 1 aliphatic rings. The summed E-state index contributed by atoms with van der Waals surface area (Å²) in [7, 11) is 1.90. The molecule has 0 unspecified atom stereocenters. The molecule has 0 saturated heterocycles. The summed E-state index contributed by atoms with van der Waals surface area (Å²) >= 11 is 0. The highest BCUT2D eigenvalue weighted by atomic mass is 16.1. The Morgan fingerprint density at radius 1 is 1.15 bits per heavy atom. The van der Waals surface area contributed by atoms with Crippen molar-refractivity contribution in [2.45, 2.75) is 19.4 Å². The number of anilines is 1. The molecule has 2 heterocycles. The summed E-state index contributed by atoms with van der Waals surface area (Å²) in [5.74, 6) is 0.683. The van der Waals surface area contributed by atoms with E-state index in [4.69, 9.17) is 0 Å². The van der Waals surface area contributed by atoms with Gasteiger partial charge in [0.15, 0.2) is 0 Å². The summed E-state index contributed by atoms with van der Waals surface area (Å²) in [6.07, 6.45) is 3.73. The zero-order valence-electron chi connectivity index (χ0n) is 16.0. The number of rotatable bonds is 9. The molecule has 144 valence electrons. The first kappa shape index (κ1) is 19.3. The SMILES string of the molecule is CNCCNc1cc(C(=O)NCCCN2CCc3ccccc3C2)ccn1. The van der Waals surface area contributed by atoms with Crippen LogP contribution in [0.25, 0.3) is 0 Å². The lowest BCUT2D eigenvalue weighted by atomic mass is 10.00. The van der Waals surface area contributed by atoms with Gasteiger partial charge in [-0.3, -0.25) is 9.69 Å². The molecule has 3 N–H and O–H groups in total. The molecule has 0 spiro atoms. The number of nitrogens with one attached hydrogen (secondary N) is 3. The second kappa shape index (κ2) is 10.0. The standard InChI is InChI=1S/C21H29N5O/c1-22-11-12-24-20-15-18(7-10-23-20)21(27)25-9-4-13-26-14-8-17-5-2-3-6-19(17)16-26/h2-3,5-7,10,15,22H,4,8-9,11-14,16H2,1H3,(H,23,24)(H,25,27). The van der Waals surface area contributed by atoms with Crippen LogP contribution in [0.15, 0.2) is 42.6 Å². The lowest BCUT2D eigenvalue weighted by molar-refractivity contribution is 0.0951. The Balaban J connectivity index is 1.39. The smallest absolute Gasteiger partial charge is 0.251 e. The summed E-state index contributed by atoms with van der Waals surface area (Å²) in [5.41, 5.74) is 3.55. The number of carbonyl (C=O) groups excluding carboxylic acids is 1. The Labute approximate surface area is 161 Å².